The van der Waals surface area contributed by atoms with Crippen LogP contribution in [-0.4, -0.2) is 86.3 Å². The molecule has 4 aliphatic rings. The Kier molecular flexibility index (Phi) is 9.59. The zero-order valence-electron chi connectivity index (χ0n) is 31.4. The molecule has 1 N–H and O–H groups in total. The van der Waals surface area contributed by atoms with Crippen LogP contribution in [0, 0.1) is 24.0 Å². The van der Waals surface area contributed by atoms with Crippen molar-refractivity contribution in [2.45, 2.75) is 88.1 Å². The molecule has 0 saturated carbocycles. The predicted molar refractivity (Wildman–Crippen MR) is 204 cm³/mol. The normalized spacial score (nSPS) is 23.5. The number of aryl methyl sites for hydroxylation is 1. The van der Waals surface area contributed by atoms with Gasteiger partial charge in [-0.15, -0.1) is 6.42 Å². The minimum Gasteiger partial charge on any atom is -0.475 e. The zero-order chi connectivity index (χ0) is 39.5. The summed E-state index contributed by atoms with van der Waals surface area (Å²) in [5, 5.41) is 5.29. The van der Waals surface area contributed by atoms with Gasteiger partial charge in [0.15, 0.2) is 11.5 Å². The second kappa shape index (κ2) is 14.6. The first-order valence-corrected chi connectivity index (χ1v) is 19.6. The van der Waals surface area contributed by atoms with E-state index in [0.29, 0.717) is 52.4 Å². The van der Waals surface area contributed by atoms with Crippen LogP contribution in [0.3, 0.4) is 0 Å². The third-order valence-electron chi connectivity index (χ3n) is 12.3. The molecule has 4 aliphatic heterocycles. The van der Waals surface area contributed by atoms with Crippen molar-refractivity contribution in [3.8, 4) is 35.5 Å². The van der Waals surface area contributed by atoms with E-state index < -0.39 is 23.5 Å². The van der Waals surface area contributed by atoms with Gasteiger partial charge in [-0.05, 0) is 69.4 Å². The lowest BCUT2D eigenvalue weighted by Crippen LogP contribution is -2.57. The van der Waals surface area contributed by atoms with Gasteiger partial charge in [0.05, 0.1) is 34.6 Å². The van der Waals surface area contributed by atoms with E-state index in [2.05, 4.69) is 37.9 Å². The summed E-state index contributed by atoms with van der Waals surface area (Å²) in [6, 6.07) is 8.62. The van der Waals surface area contributed by atoms with Crippen LogP contribution in [0.2, 0.25) is 0 Å². The fourth-order valence-corrected chi connectivity index (χ4v) is 9.40. The van der Waals surface area contributed by atoms with Gasteiger partial charge in [0, 0.05) is 42.2 Å². The lowest BCUT2D eigenvalue weighted by Gasteiger charge is -2.42. The number of anilines is 1. The van der Waals surface area contributed by atoms with Gasteiger partial charge in [-0.3, -0.25) is 4.90 Å². The number of piperazine rings is 1. The van der Waals surface area contributed by atoms with Crippen molar-refractivity contribution in [3.05, 3.63) is 71.3 Å². The van der Waals surface area contributed by atoms with Crippen LogP contribution in [0.15, 0.2) is 42.7 Å². The van der Waals surface area contributed by atoms with Crippen molar-refractivity contribution in [1.82, 2.24) is 35.1 Å². The maximum atomic E-state index is 17.4. The molecule has 3 aromatic heterocycles. The van der Waals surface area contributed by atoms with Crippen LogP contribution in [0.4, 0.5) is 27.8 Å². The Balaban J connectivity index is 1.08. The highest BCUT2D eigenvalue weighted by molar-refractivity contribution is 6.02. The Morgan fingerprint density at radius 1 is 1.00 bits per heavy atom. The molecule has 3 saturated heterocycles. The number of pyridine rings is 1. The molecule has 0 unspecified atom stereocenters. The third kappa shape index (κ3) is 6.66. The lowest BCUT2D eigenvalue weighted by molar-refractivity contribution is -0.141. The van der Waals surface area contributed by atoms with Crippen LogP contribution < -0.4 is 19.7 Å². The number of benzene rings is 2. The molecule has 5 aromatic rings. The molecule has 0 bridgehead atoms. The molecule has 7 heterocycles. The largest absolute Gasteiger partial charge is 0.475 e. The molecular formula is C42H41F5N8O2. The number of ether oxygens (including phenoxy) is 2. The van der Waals surface area contributed by atoms with Crippen LogP contribution in [0.5, 0.6) is 11.9 Å². The zero-order valence-corrected chi connectivity index (χ0v) is 31.4. The Morgan fingerprint density at radius 3 is 2.67 bits per heavy atom. The lowest BCUT2D eigenvalue weighted by atomic mass is 9.94. The molecule has 10 nitrogen and oxygen atoms in total. The van der Waals surface area contributed by atoms with E-state index in [1.165, 1.54) is 6.07 Å². The van der Waals surface area contributed by atoms with E-state index in [9.17, 15) is 13.2 Å². The number of alkyl halides is 3. The van der Waals surface area contributed by atoms with Gasteiger partial charge < -0.3 is 19.7 Å². The van der Waals surface area contributed by atoms with E-state index in [4.69, 9.17) is 30.8 Å². The molecule has 296 valence electrons. The highest BCUT2D eigenvalue weighted by Gasteiger charge is 2.50. The number of fused-ring (bicyclic) bond motifs is 4. The number of halogens is 5. The molecule has 4 atom stereocenters. The third-order valence-corrected chi connectivity index (χ3v) is 12.3. The minimum atomic E-state index is -4.58. The summed E-state index contributed by atoms with van der Waals surface area (Å²) >= 11 is 0. The predicted octanol–water partition coefficient (Wildman–Crippen LogP) is 7.26. The molecular weight excluding hydrogens is 744 g/mol. The van der Waals surface area contributed by atoms with Crippen LogP contribution in [-0.2, 0) is 12.6 Å². The molecule has 9 rings (SSSR count). The van der Waals surface area contributed by atoms with Gasteiger partial charge in [-0.25, -0.2) is 23.7 Å². The topological polar surface area (TPSA) is 101 Å². The second-order valence-corrected chi connectivity index (χ2v) is 15.5. The van der Waals surface area contributed by atoms with Gasteiger partial charge in [0.25, 0.3) is 0 Å². The van der Waals surface area contributed by atoms with Crippen LogP contribution >= 0.6 is 0 Å². The minimum absolute atomic E-state index is 0.0224. The summed E-state index contributed by atoms with van der Waals surface area (Å²) in [4.78, 5) is 26.7. The number of nitrogens with one attached hydrogen (secondary N) is 1. The van der Waals surface area contributed by atoms with Crippen molar-refractivity contribution < 1.29 is 31.4 Å². The molecule has 2 aromatic carbocycles. The Morgan fingerprint density at radius 2 is 1.88 bits per heavy atom. The highest BCUT2D eigenvalue weighted by atomic mass is 19.4. The maximum absolute atomic E-state index is 17.4. The molecule has 0 amide bonds. The summed E-state index contributed by atoms with van der Waals surface area (Å²) in [5.41, 5.74) is -0.211. The summed E-state index contributed by atoms with van der Waals surface area (Å²) in [6.07, 6.45) is 9.40. The molecule has 57 heavy (non-hydrogen) atoms. The summed E-state index contributed by atoms with van der Waals surface area (Å²) < 4.78 is 83.8. The number of nitrogens with zero attached hydrogens (tertiary/aromatic N) is 7. The van der Waals surface area contributed by atoms with Crippen molar-refractivity contribution in [1.29, 1.82) is 0 Å². The van der Waals surface area contributed by atoms with E-state index in [-0.39, 0.29) is 65.5 Å². The Labute approximate surface area is 326 Å². The average molecular weight is 785 g/mol. The summed E-state index contributed by atoms with van der Waals surface area (Å²) in [7, 11) is 0. The van der Waals surface area contributed by atoms with Crippen molar-refractivity contribution >= 4 is 27.5 Å². The van der Waals surface area contributed by atoms with Gasteiger partial charge in [-0.1, -0.05) is 37.1 Å². The Bertz CT molecular complexity index is 2390. The first kappa shape index (κ1) is 37.4. The number of hydrogen-bond donors (Lipinski definition) is 1. The van der Waals surface area contributed by atoms with Gasteiger partial charge in [-0.2, -0.15) is 23.1 Å². The molecule has 0 radical (unpaired) electrons. The smallest absolute Gasteiger partial charge is 0.434 e. The second-order valence-electron chi connectivity index (χ2n) is 15.5. The van der Waals surface area contributed by atoms with Crippen molar-refractivity contribution in [2.24, 2.45) is 0 Å². The van der Waals surface area contributed by atoms with Gasteiger partial charge in [0.1, 0.15) is 36.1 Å². The average Bonchev–Trinajstić information content (AvgIpc) is 3.78. The standard InChI is InChI=1S/C42H41F5N8O2/c1-3-25-21-54-26(18-48-25)9-6-11-31-35-38(36(44)37(51-31)29-10-5-8-24-12-13-30(43)28(4-2)34(24)29)52-40(53-39(35)54)57-23-41-15-7-17-55(41)27(14-16-41)22-56-33-20-49-32(19-50-33)42(45,46)47/h2,5,8,10,12-13,19-20,25-27,48H,3,6-7,9,11,14-18,21-23H2,1H3/t25-,26-,27+,41+/m1/s1. The highest BCUT2D eigenvalue weighted by Crippen LogP contribution is 2.44. The summed E-state index contributed by atoms with van der Waals surface area (Å²) in [6.45, 7) is 4.84. The van der Waals surface area contributed by atoms with Crippen molar-refractivity contribution in [2.75, 3.05) is 37.7 Å². The molecule has 0 aliphatic carbocycles. The van der Waals surface area contributed by atoms with Gasteiger partial charge in [0.2, 0.25) is 5.88 Å². The van der Waals surface area contributed by atoms with E-state index in [0.717, 1.165) is 64.2 Å². The molecule has 15 heteroatoms. The fourth-order valence-electron chi connectivity index (χ4n) is 9.40. The van der Waals surface area contributed by atoms with E-state index in [1.54, 1.807) is 18.2 Å². The first-order chi connectivity index (χ1) is 27.6. The molecule has 3 fully saturated rings. The van der Waals surface area contributed by atoms with E-state index >= 15 is 8.78 Å². The fraction of sp³-hybridized carbons (Fsp3) is 0.452. The summed E-state index contributed by atoms with van der Waals surface area (Å²) in [5.74, 6) is 1.86. The quantitative estimate of drug-likeness (QED) is 0.128. The van der Waals surface area contributed by atoms with Crippen LogP contribution in [0.1, 0.15) is 68.8 Å². The number of aromatic nitrogens is 5. The van der Waals surface area contributed by atoms with Crippen LogP contribution in [0.25, 0.3) is 32.9 Å². The van der Waals surface area contributed by atoms with Gasteiger partial charge >= 0.3 is 12.2 Å². The van der Waals surface area contributed by atoms with E-state index in [1.807, 2.05) is 6.07 Å². The number of rotatable bonds is 8. The number of hydrogen-bond acceptors (Lipinski definition) is 10. The molecule has 0 spiro atoms. The Hall–Kier alpha value is -5.20. The first-order valence-electron chi connectivity index (χ1n) is 19.6. The SMILES string of the molecule is C#Cc1c(F)ccc2cccc(-c3nc4c5c(nc(OC[C@@]67CCCN6[C@H](COc6cnc(C(F)(F)F)cn6)CC7)nc5c3F)N3C[C@@H](CC)NC[C@H]3CCC4)c12. The monoisotopic (exact) mass is 784 g/mol. The maximum Gasteiger partial charge on any atom is 0.434 e. The number of terminal acetylenes is 1. The van der Waals surface area contributed by atoms with Crippen molar-refractivity contribution in [3.63, 3.8) is 0 Å².